The summed E-state index contributed by atoms with van der Waals surface area (Å²) < 4.78 is 0. The highest BCUT2D eigenvalue weighted by Gasteiger charge is 2.36. The van der Waals surface area contributed by atoms with E-state index in [0.29, 0.717) is 0 Å². The van der Waals surface area contributed by atoms with Gasteiger partial charge in [-0.1, -0.05) is 26.7 Å². The zero-order valence-electron chi connectivity index (χ0n) is 10.0. The van der Waals surface area contributed by atoms with Gasteiger partial charge in [-0.15, -0.1) is 0 Å². The standard InChI is InChI=1S/C12H19NO3/c1-4-5-6-7(2)10-11(15)9(8(3)14)12(16)13-10/h7,10,15H,4-6H2,1-3H3,(H,13,16). The Morgan fingerprint density at radius 3 is 2.62 bits per heavy atom. The summed E-state index contributed by atoms with van der Waals surface area (Å²) in [5.74, 6) is -0.750. The Morgan fingerprint density at radius 2 is 2.19 bits per heavy atom. The van der Waals surface area contributed by atoms with E-state index < -0.39 is 11.9 Å². The summed E-state index contributed by atoms with van der Waals surface area (Å²) in [6, 6.07) is -0.391. The Kier molecular flexibility index (Phi) is 4.10. The van der Waals surface area contributed by atoms with Gasteiger partial charge >= 0.3 is 0 Å². The first-order valence-electron chi connectivity index (χ1n) is 5.74. The molecule has 1 aliphatic rings. The van der Waals surface area contributed by atoms with Crippen LogP contribution in [0.5, 0.6) is 0 Å². The van der Waals surface area contributed by atoms with Gasteiger partial charge in [0.15, 0.2) is 5.78 Å². The fourth-order valence-electron chi connectivity index (χ4n) is 2.00. The lowest BCUT2D eigenvalue weighted by Crippen LogP contribution is -2.34. The molecule has 1 amide bonds. The molecule has 0 spiro atoms. The first kappa shape index (κ1) is 12.7. The van der Waals surface area contributed by atoms with Gasteiger partial charge in [0.25, 0.3) is 5.91 Å². The van der Waals surface area contributed by atoms with Crippen LogP contribution in [0.2, 0.25) is 0 Å². The van der Waals surface area contributed by atoms with Crippen molar-refractivity contribution in [3.05, 3.63) is 11.3 Å². The summed E-state index contributed by atoms with van der Waals surface area (Å²) in [4.78, 5) is 22.6. The van der Waals surface area contributed by atoms with E-state index in [2.05, 4.69) is 12.2 Å². The molecule has 90 valence electrons. The number of aliphatic hydroxyl groups excluding tert-OH is 1. The largest absolute Gasteiger partial charge is 0.509 e. The number of aliphatic hydroxyl groups is 1. The maximum absolute atomic E-state index is 11.5. The van der Waals surface area contributed by atoms with Gasteiger partial charge in [0.05, 0.1) is 6.04 Å². The molecular weight excluding hydrogens is 206 g/mol. The van der Waals surface area contributed by atoms with Gasteiger partial charge < -0.3 is 10.4 Å². The van der Waals surface area contributed by atoms with Crippen LogP contribution >= 0.6 is 0 Å². The second-order valence-electron chi connectivity index (χ2n) is 4.39. The topological polar surface area (TPSA) is 66.4 Å². The smallest absolute Gasteiger partial charge is 0.259 e. The Bertz CT molecular complexity index is 333. The minimum atomic E-state index is -0.446. The number of ketones is 1. The molecule has 1 heterocycles. The van der Waals surface area contributed by atoms with Crippen molar-refractivity contribution < 1.29 is 14.7 Å². The summed E-state index contributed by atoms with van der Waals surface area (Å²) >= 11 is 0. The van der Waals surface area contributed by atoms with Crippen molar-refractivity contribution in [3.63, 3.8) is 0 Å². The first-order valence-corrected chi connectivity index (χ1v) is 5.74. The van der Waals surface area contributed by atoms with E-state index in [-0.39, 0.29) is 23.0 Å². The molecule has 0 saturated heterocycles. The van der Waals surface area contributed by atoms with E-state index in [1.165, 1.54) is 6.92 Å². The van der Waals surface area contributed by atoms with Crippen molar-refractivity contribution >= 4 is 11.7 Å². The van der Waals surface area contributed by atoms with Crippen LogP contribution in [0.15, 0.2) is 11.3 Å². The number of hydrogen-bond donors (Lipinski definition) is 2. The fourth-order valence-corrected chi connectivity index (χ4v) is 2.00. The molecule has 0 fully saturated rings. The van der Waals surface area contributed by atoms with Crippen molar-refractivity contribution in [1.82, 2.24) is 5.32 Å². The highest BCUT2D eigenvalue weighted by atomic mass is 16.3. The van der Waals surface area contributed by atoms with Crippen LogP contribution in [0.3, 0.4) is 0 Å². The molecule has 1 aliphatic heterocycles. The fraction of sp³-hybridized carbons (Fsp3) is 0.667. The molecule has 0 aromatic rings. The van der Waals surface area contributed by atoms with Gasteiger partial charge in [0.1, 0.15) is 11.3 Å². The Morgan fingerprint density at radius 1 is 1.56 bits per heavy atom. The zero-order valence-corrected chi connectivity index (χ0v) is 10.0. The molecule has 16 heavy (non-hydrogen) atoms. The van der Waals surface area contributed by atoms with Crippen LogP contribution in [0.25, 0.3) is 0 Å². The van der Waals surface area contributed by atoms with Gasteiger partial charge in [-0.05, 0) is 19.3 Å². The minimum Gasteiger partial charge on any atom is -0.509 e. The second-order valence-corrected chi connectivity index (χ2v) is 4.39. The average Bonchev–Trinajstić information content (AvgIpc) is 2.50. The van der Waals surface area contributed by atoms with E-state index in [0.717, 1.165) is 19.3 Å². The summed E-state index contributed by atoms with van der Waals surface area (Å²) in [5.41, 5.74) is -0.0756. The van der Waals surface area contributed by atoms with Crippen LogP contribution < -0.4 is 5.32 Å². The molecule has 0 aliphatic carbocycles. The average molecular weight is 225 g/mol. The van der Waals surface area contributed by atoms with Crippen molar-refractivity contribution in [1.29, 1.82) is 0 Å². The summed E-state index contributed by atoms with van der Waals surface area (Å²) in [6.45, 7) is 5.36. The van der Waals surface area contributed by atoms with Gasteiger partial charge in [-0.2, -0.15) is 0 Å². The molecule has 0 bridgehead atoms. The molecule has 4 heteroatoms. The molecular formula is C12H19NO3. The summed E-state index contributed by atoms with van der Waals surface area (Å²) in [5, 5.41) is 12.5. The third-order valence-electron chi connectivity index (χ3n) is 3.00. The molecule has 0 radical (unpaired) electrons. The highest BCUT2D eigenvalue weighted by molar-refractivity contribution is 6.20. The predicted molar refractivity (Wildman–Crippen MR) is 61.0 cm³/mol. The Hall–Kier alpha value is -1.32. The van der Waals surface area contributed by atoms with Crippen molar-refractivity contribution in [2.24, 2.45) is 5.92 Å². The van der Waals surface area contributed by atoms with E-state index in [9.17, 15) is 14.7 Å². The summed E-state index contributed by atoms with van der Waals surface area (Å²) in [7, 11) is 0. The van der Waals surface area contributed by atoms with Crippen LogP contribution in [0, 0.1) is 5.92 Å². The highest BCUT2D eigenvalue weighted by Crippen LogP contribution is 2.24. The van der Waals surface area contributed by atoms with Crippen molar-refractivity contribution in [2.45, 2.75) is 46.1 Å². The maximum atomic E-state index is 11.5. The van der Waals surface area contributed by atoms with Crippen LogP contribution in [0.4, 0.5) is 0 Å². The number of nitrogens with one attached hydrogen (secondary N) is 1. The number of amides is 1. The van der Waals surface area contributed by atoms with Crippen LogP contribution in [-0.2, 0) is 9.59 Å². The molecule has 1 rings (SSSR count). The van der Waals surface area contributed by atoms with Crippen molar-refractivity contribution in [2.75, 3.05) is 0 Å². The lowest BCUT2D eigenvalue weighted by molar-refractivity contribution is -0.121. The van der Waals surface area contributed by atoms with Crippen LogP contribution in [0.1, 0.15) is 40.0 Å². The van der Waals surface area contributed by atoms with E-state index in [4.69, 9.17) is 0 Å². The molecule has 4 nitrogen and oxygen atoms in total. The monoisotopic (exact) mass is 225 g/mol. The predicted octanol–water partition coefficient (Wildman–Crippen LogP) is 1.71. The number of carbonyl (C=O) groups is 2. The molecule has 0 aromatic heterocycles. The van der Waals surface area contributed by atoms with E-state index in [1.807, 2.05) is 6.92 Å². The third-order valence-corrected chi connectivity index (χ3v) is 3.00. The maximum Gasteiger partial charge on any atom is 0.259 e. The molecule has 0 aromatic carbocycles. The lowest BCUT2D eigenvalue weighted by atomic mass is 9.94. The zero-order chi connectivity index (χ0) is 12.3. The Balaban J connectivity index is 2.79. The van der Waals surface area contributed by atoms with E-state index in [1.54, 1.807) is 0 Å². The summed E-state index contributed by atoms with van der Waals surface area (Å²) in [6.07, 6.45) is 3.06. The second kappa shape index (κ2) is 5.14. The minimum absolute atomic E-state index is 0.0756. The number of hydrogen-bond acceptors (Lipinski definition) is 3. The molecule has 2 N–H and O–H groups in total. The lowest BCUT2D eigenvalue weighted by Gasteiger charge is -2.19. The Labute approximate surface area is 95.7 Å². The number of carbonyl (C=O) groups excluding carboxylic acids is 2. The van der Waals surface area contributed by atoms with Crippen molar-refractivity contribution in [3.8, 4) is 0 Å². The molecule has 2 atom stereocenters. The normalized spacial score (nSPS) is 22.2. The number of Topliss-reactive ketones (excluding diaryl/α,β-unsaturated/α-hetero) is 1. The molecule has 2 unspecified atom stereocenters. The van der Waals surface area contributed by atoms with Crippen LogP contribution in [-0.4, -0.2) is 22.8 Å². The van der Waals surface area contributed by atoms with Gasteiger partial charge in [-0.3, -0.25) is 9.59 Å². The SMILES string of the molecule is CCCCC(C)C1NC(=O)C(C(C)=O)=C1O. The van der Waals surface area contributed by atoms with Gasteiger partial charge in [0, 0.05) is 0 Å². The number of rotatable bonds is 5. The first-order chi connectivity index (χ1) is 7.49. The quantitative estimate of drug-likeness (QED) is 0.700. The van der Waals surface area contributed by atoms with Gasteiger partial charge in [-0.25, -0.2) is 0 Å². The number of unbranched alkanes of at least 4 members (excludes halogenated alkanes) is 1. The van der Waals surface area contributed by atoms with Gasteiger partial charge in [0.2, 0.25) is 0 Å². The third kappa shape index (κ3) is 2.43. The van der Waals surface area contributed by atoms with E-state index >= 15 is 0 Å². The molecule has 0 saturated carbocycles.